The van der Waals surface area contributed by atoms with Crippen molar-refractivity contribution in [2.75, 3.05) is 0 Å². The molecule has 0 aliphatic carbocycles. The van der Waals surface area contributed by atoms with Crippen molar-refractivity contribution < 1.29 is 0 Å². The van der Waals surface area contributed by atoms with Gasteiger partial charge in [-0.1, -0.05) is 34.6 Å². The Morgan fingerprint density at radius 2 is 1.53 bits per heavy atom. The molecule has 0 bridgehead atoms. The van der Waals surface area contributed by atoms with Crippen LogP contribution in [0.1, 0.15) is 61.0 Å². The van der Waals surface area contributed by atoms with Gasteiger partial charge in [0.2, 0.25) is 0 Å². The molecular formula is C14H26N2O. The molecule has 0 spiro atoms. The molecule has 0 saturated heterocycles. The Labute approximate surface area is 105 Å². The lowest BCUT2D eigenvalue weighted by Gasteiger charge is -2.23. The highest BCUT2D eigenvalue weighted by Gasteiger charge is 2.19. The molecule has 0 unspecified atom stereocenters. The van der Waals surface area contributed by atoms with Gasteiger partial charge in [0.25, 0.3) is 5.56 Å². The SMILES string of the molecule is CC.CC(C)(C)c1cnn(C(C)(C)C)c(=O)c1. The molecule has 0 aromatic carbocycles. The van der Waals surface area contributed by atoms with Gasteiger partial charge in [0.15, 0.2) is 0 Å². The first-order valence-electron chi connectivity index (χ1n) is 6.23. The molecule has 1 rings (SSSR count). The van der Waals surface area contributed by atoms with Crippen LogP contribution in [0.25, 0.3) is 0 Å². The summed E-state index contributed by atoms with van der Waals surface area (Å²) in [7, 11) is 0. The van der Waals surface area contributed by atoms with E-state index in [1.54, 1.807) is 12.3 Å². The van der Waals surface area contributed by atoms with Crippen molar-refractivity contribution in [3.8, 4) is 0 Å². The zero-order valence-corrected chi connectivity index (χ0v) is 12.5. The molecule has 0 radical (unpaired) electrons. The van der Waals surface area contributed by atoms with Gasteiger partial charge in [-0.15, -0.1) is 0 Å². The maximum atomic E-state index is 11.8. The van der Waals surface area contributed by atoms with E-state index in [4.69, 9.17) is 0 Å². The van der Waals surface area contributed by atoms with Gasteiger partial charge in [0.1, 0.15) is 0 Å². The first-order chi connectivity index (χ1) is 7.62. The summed E-state index contributed by atoms with van der Waals surface area (Å²) in [5, 5.41) is 4.22. The molecule has 98 valence electrons. The number of rotatable bonds is 0. The maximum Gasteiger partial charge on any atom is 0.267 e. The molecule has 0 N–H and O–H groups in total. The zero-order valence-electron chi connectivity index (χ0n) is 12.5. The summed E-state index contributed by atoms with van der Waals surface area (Å²) in [4.78, 5) is 11.8. The summed E-state index contributed by atoms with van der Waals surface area (Å²) in [5.41, 5.74) is 0.666. The second kappa shape index (κ2) is 5.48. The van der Waals surface area contributed by atoms with Crippen LogP contribution in [0.5, 0.6) is 0 Å². The van der Waals surface area contributed by atoms with Crippen molar-refractivity contribution in [2.45, 2.75) is 66.3 Å². The minimum atomic E-state index is -0.256. The van der Waals surface area contributed by atoms with Gasteiger partial charge >= 0.3 is 0 Å². The summed E-state index contributed by atoms with van der Waals surface area (Å²) in [6, 6.07) is 1.68. The van der Waals surface area contributed by atoms with E-state index in [2.05, 4.69) is 25.9 Å². The minimum absolute atomic E-state index is 0.0247. The normalized spacial score (nSPS) is 11.8. The molecule has 0 fully saturated rings. The summed E-state index contributed by atoms with van der Waals surface area (Å²) < 4.78 is 1.52. The van der Waals surface area contributed by atoms with Crippen LogP contribution in [0.4, 0.5) is 0 Å². The molecular weight excluding hydrogens is 212 g/mol. The highest BCUT2D eigenvalue weighted by Crippen LogP contribution is 2.20. The lowest BCUT2D eigenvalue weighted by atomic mass is 9.89. The molecule has 0 amide bonds. The van der Waals surface area contributed by atoms with Crippen molar-refractivity contribution in [1.29, 1.82) is 0 Å². The fourth-order valence-corrected chi connectivity index (χ4v) is 1.32. The van der Waals surface area contributed by atoms with E-state index in [-0.39, 0.29) is 16.5 Å². The topological polar surface area (TPSA) is 34.9 Å². The van der Waals surface area contributed by atoms with E-state index in [0.29, 0.717) is 0 Å². The first-order valence-corrected chi connectivity index (χ1v) is 6.23. The van der Waals surface area contributed by atoms with E-state index >= 15 is 0 Å². The average molecular weight is 238 g/mol. The van der Waals surface area contributed by atoms with Crippen LogP contribution in [0.2, 0.25) is 0 Å². The Morgan fingerprint density at radius 3 is 1.82 bits per heavy atom. The molecule has 3 heteroatoms. The van der Waals surface area contributed by atoms with Crippen molar-refractivity contribution in [3.63, 3.8) is 0 Å². The number of hydrogen-bond donors (Lipinski definition) is 0. The number of aromatic nitrogens is 2. The third-order valence-corrected chi connectivity index (χ3v) is 2.30. The molecule has 0 saturated carbocycles. The van der Waals surface area contributed by atoms with Gasteiger partial charge in [0.05, 0.1) is 11.7 Å². The van der Waals surface area contributed by atoms with Crippen molar-refractivity contribution in [1.82, 2.24) is 9.78 Å². The third kappa shape index (κ3) is 4.33. The lowest BCUT2D eigenvalue weighted by molar-refractivity contribution is 0.335. The van der Waals surface area contributed by atoms with Crippen molar-refractivity contribution in [2.24, 2.45) is 0 Å². The second-order valence-electron chi connectivity index (χ2n) is 5.92. The van der Waals surface area contributed by atoms with E-state index in [9.17, 15) is 4.79 Å². The Kier molecular flexibility index (Phi) is 5.12. The van der Waals surface area contributed by atoms with Crippen LogP contribution in [-0.4, -0.2) is 9.78 Å². The van der Waals surface area contributed by atoms with E-state index in [1.807, 2.05) is 34.6 Å². The Morgan fingerprint density at radius 1 is 1.06 bits per heavy atom. The highest BCUT2D eigenvalue weighted by atomic mass is 16.1. The van der Waals surface area contributed by atoms with Crippen LogP contribution in [0.3, 0.4) is 0 Å². The summed E-state index contributed by atoms with van der Waals surface area (Å²) >= 11 is 0. The van der Waals surface area contributed by atoms with Gasteiger partial charge in [-0.2, -0.15) is 5.10 Å². The Hall–Kier alpha value is -1.12. The van der Waals surface area contributed by atoms with Crippen LogP contribution in [-0.2, 0) is 11.0 Å². The highest BCUT2D eigenvalue weighted by molar-refractivity contribution is 5.16. The zero-order chi connectivity index (χ0) is 13.9. The summed E-state index contributed by atoms with van der Waals surface area (Å²) in [6.45, 7) is 16.1. The molecule has 1 aromatic heterocycles. The number of hydrogen-bond acceptors (Lipinski definition) is 2. The second-order valence-corrected chi connectivity index (χ2v) is 5.92. The predicted molar refractivity (Wildman–Crippen MR) is 73.5 cm³/mol. The minimum Gasteiger partial charge on any atom is -0.268 e. The fourth-order valence-electron chi connectivity index (χ4n) is 1.32. The smallest absolute Gasteiger partial charge is 0.267 e. The molecule has 1 heterocycles. The van der Waals surface area contributed by atoms with Gasteiger partial charge < -0.3 is 0 Å². The third-order valence-electron chi connectivity index (χ3n) is 2.30. The average Bonchev–Trinajstić information content (AvgIpc) is 2.17. The molecule has 1 aromatic rings. The van der Waals surface area contributed by atoms with Crippen LogP contribution >= 0.6 is 0 Å². The molecule has 3 nitrogen and oxygen atoms in total. The maximum absolute atomic E-state index is 11.8. The largest absolute Gasteiger partial charge is 0.268 e. The van der Waals surface area contributed by atoms with Crippen molar-refractivity contribution >= 4 is 0 Å². The quantitative estimate of drug-likeness (QED) is 0.695. The Balaban J connectivity index is 0.00000121. The molecule has 0 aliphatic heterocycles. The lowest BCUT2D eigenvalue weighted by Crippen LogP contribution is -2.36. The van der Waals surface area contributed by atoms with Crippen LogP contribution in [0.15, 0.2) is 17.1 Å². The van der Waals surface area contributed by atoms with E-state index < -0.39 is 0 Å². The van der Waals surface area contributed by atoms with Gasteiger partial charge in [-0.3, -0.25) is 4.79 Å². The predicted octanol–water partition coefficient (Wildman–Crippen LogP) is 3.32. The van der Waals surface area contributed by atoms with Crippen LogP contribution < -0.4 is 5.56 Å². The molecule has 0 aliphatic rings. The van der Waals surface area contributed by atoms with Gasteiger partial charge in [0, 0.05) is 6.07 Å². The Bertz CT molecular complexity index is 405. The number of nitrogens with zero attached hydrogens (tertiary/aromatic N) is 2. The standard InChI is InChI=1S/C12H20N2O.C2H6/c1-11(2,3)9-7-10(15)14(13-8-9)12(4,5)6;1-2/h7-8H,1-6H3;1-2H3. The monoisotopic (exact) mass is 238 g/mol. The summed E-state index contributed by atoms with van der Waals surface area (Å²) in [5.74, 6) is 0. The molecule has 17 heavy (non-hydrogen) atoms. The fraction of sp³-hybridized carbons (Fsp3) is 0.714. The van der Waals surface area contributed by atoms with E-state index in [0.717, 1.165) is 5.56 Å². The van der Waals surface area contributed by atoms with E-state index in [1.165, 1.54) is 4.68 Å². The van der Waals surface area contributed by atoms with Crippen molar-refractivity contribution in [3.05, 3.63) is 28.2 Å². The van der Waals surface area contributed by atoms with Gasteiger partial charge in [-0.05, 0) is 31.7 Å². The molecule has 0 atom stereocenters. The van der Waals surface area contributed by atoms with Gasteiger partial charge in [-0.25, -0.2) is 4.68 Å². The summed E-state index contributed by atoms with van der Waals surface area (Å²) in [6.07, 6.45) is 1.78. The van der Waals surface area contributed by atoms with Crippen LogP contribution in [0, 0.1) is 0 Å². The first kappa shape index (κ1) is 15.9.